The van der Waals surface area contributed by atoms with Crippen molar-refractivity contribution in [3.05, 3.63) is 0 Å². The summed E-state index contributed by atoms with van der Waals surface area (Å²) in [7, 11) is 1.40. The third-order valence-corrected chi connectivity index (χ3v) is 3.80. The monoisotopic (exact) mass is 284 g/mol. The molecule has 0 radical (unpaired) electrons. The van der Waals surface area contributed by atoms with Gasteiger partial charge in [0.15, 0.2) is 0 Å². The van der Waals surface area contributed by atoms with E-state index in [9.17, 15) is 9.59 Å². The van der Waals surface area contributed by atoms with E-state index >= 15 is 0 Å². The number of rotatable bonds is 2. The summed E-state index contributed by atoms with van der Waals surface area (Å²) in [6, 6.07) is 0. The van der Waals surface area contributed by atoms with Crippen molar-refractivity contribution in [2.24, 2.45) is 5.41 Å². The number of ether oxygens (including phenoxy) is 2. The van der Waals surface area contributed by atoms with Crippen molar-refractivity contribution in [3.8, 4) is 0 Å². The summed E-state index contributed by atoms with van der Waals surface area (Å²) in [5.74, 6) is -0.203. The summed E-state index contributed by atoms with van der Waals surface area (Å²) in [6.45, 7) is 9.12. The average Bonchev–Trinajstić information content (AvgIpc) is 2.68. The number of carbonyl (C=O) groups is 2. The third-order valence-electron chi connectivity index (χ3n) is 3.80. The summed E-state index contributed by atoms with van der Waals surface area (Å²) < 4.78 is 10.0. The summed E-state index contributed by atoms with van der Waals surface area (Å²) in [5, 5.41) is 0. The first kappa shape index (κ1) is 15.1. The van der Waals surface area contributed by atoms with Crippen LogP contribution in [-0.4, -0.2) is 67.3 Å². The van der Waals surface area contributed by atoms with E-state index in [-0.39, 0.29) is 17.5 Å². The van der Waals surface area contributed by atoms with E-state index in [4.69, 9.17) is 4.74 Å². The van der Waals surface area contributed by atoms with E-state index in [1.165, 1.54) is 7.11 Å². The van der Waals surface area contributed by atoms with Crippen molar-refractivity contribution in [2.75, 3.05) is 39.8 Å². The second kappa shape index (κ2) is 5.24. The molecule has 0 bridgehead atoms. The van der Waals surface area contributed by atoms with Gasteiger partial charge in [-0.15, -0.1) is 0 Å². The molecular weight excluding hydrogens is 260 g/mol. The van der Waals surface area contributed by atoms with Gasteiger partial charge >= 0.3 is 12.1 Å². The maximum Gasteiger partial charge on any atom is 0.410 e. The Labute approximate surface area is 120 Å². The first-order valence-electron chi connectivity index (χ1n) is 7.00. The minimum absolute atomic E-state index is 0.144. The second-order valence-electron chi connectivity index (χ2n) is 6.87. The van der Waals surface area contributed by atoms with Crippen LogP contribution in [0, 0.1) is 5.41 Å². The van der Waals surface area contributed by atoms with Crippen LogP contribution in [0.2, 0.25) is 0 Å². The minimum Gasteiger partial charge on any atom is -0.468 e. The van der Waals surface area contributed by atoms with Crippen molar-refractivity contribution < 1.29 is 19.1 Å². The van der Waals surface area contributed by atoms with E-state index in [2.05, 4.69) is 9.64 Å². The van der Waals surface area contributed by atoms with E-state index in [0.717, 1.165) is 32.6 Å². The van der Waals surface area contributed by atoms with Crippen LogP contribution in [0.1, 0.15) is 27.2 Å². The fraction of sp³-hybridized carbons (Fsp3) is 0.857. The molecule has 1 amide bonds. The molecule has 0 aromatic heterocycles. The van der Waals surface area contributed by atoms with Crippen LogP contribution in [0.3, 0.4) is 0 Å². The predicted octanol–water partition coefficient (Wildman–Crippen LogP) is 1.10. The first-order valence-corrected chi connectivity index (χ1v) is 7.00. The molecule has 6 nitrogen and oxygen atoms in total. The number of methoxy groups -OCH3 is 1. The van der Waals surface area contributed by atoms with Crippen LogP contribution in [0.4, 0.5) is 4.79 Å². The van der Waals surface area contributed by atoms with Crippen LogP contribution in [-0.2, 0) is 14.3 Å². The molecule has 0 unspecified atom stereocenters. The molecule has 2 rings (SSSR count). The normalized spacial score (nSPS) is 21.7. The van der Waals surface area contributed by atoms with Gasteiger partial charge in [0.25, 0.3) is 0 Å². The Morgan fingerprint density at radius 2 is 1.85 bits per heavy atom. The molecular formula is C14H24N2O4. The zero-order valence-corrected chi connectivity index (χ0v) is 12.8. The molecule has 2 heterocycles. The highest BCUT2D eigenvalue weighted by Crippen LogP contribution is 2.39. The lowest BCUT2D eigenvalue weighted by molar-refractivity contribution is -0.141. The van der Waals surface area contributed by atoms with Crippen molar-refractivity contribution >= 4 is 12.1 Å². The molecule has 6 heteroatoms. The number of hydrogen-bond donors (Lipinski definition) is 0. The molecule has 0 aromatic rings. The van der Waals surface area contributed by atoms with Gasteiger partial charge in [0.1, 0.15) is 5.60 Å². The van der Waals surface area contributed by atoms with Gasteiger partial charge in [-0.1, -0.05) is 0 Å². The van der Waals surface area contributed by atoms with Gasteiger partial charge in [-0.05, 0) is 33.7 Å². The Morgan fingerprint density at radius 3 is 2.40 bits per heavy atom. The lowest BCUT2D eigenvalue weighted by Gasteiger charge is -2.47. The lowest BCUT2D eigenvalue weighted by Crippen LogP contribution is -2.60. The predicted molar refractivity (Wildman–Crippen MR) is 73.3 cm³/mol. The smallest absolute Gasteiger partial charge is 0.410 e. The Balaban J connectivity index is 1.78. The van der Waals surface area contributed by atoms with Crippen LogP contribution in [0.5, 0.6) is 0 Å². The fourth-order valence-electron chi connectivity index (χ4n) is 2.89. The van der Waals surface area contributed by atoms with Gasteiger partial charge in [-0.25, -0.2) is 4.79 Å². The number of carbonyl (C=O) groups excluding carboxylic acids is 2. The minimum atomic E-state index is -0.452. The highest BCUT2D eigenvalue weighted by atomic mass is 16.6. The number of esters is 1. The van der Waals surface area contributed by atoms with Crippen LogP contribution < -0.4 is 0 Å². The quantitative estimate of drug-likeness (QED) is 0.711. The van der Waals surface area contributed by atoms with Gasteiger partial charge in [0.2, 0.25) is 0 Å². The molecule has 2 saturated heterocycles. The molecule has 0 aromatic carbocycles. The molecule has 2 aliphatic heterocycles. The van der Waals surface area contributed by atoms with Crippen LogP contribution in [0.25, 0.3) is 0 Å². The lowest BCUT2D eigenvalue weighted by atomic mass is 9.79. The average molecular weight is 284 g/mol. The third kappa shape index (κ3) is 3.42. The summed E-state index contributed by atoms with van der Waals surface area (Å²) in [6.07, 6.45) is 0.776. The Kier molecular flexibility index (Phi) is 3.95. The second-order valence-corrected chi connectivity index (χ2v) is 6.87. The van der Waals surface area contributed by atoms with E-state index in [0.29, 0.717) is 6.54 Å². The maximum absolute atomic E-state index is 11.9. The van der Waals surface area contributed by atoms with Gasteiger partial charge in [0.05, 0.1) is 13.7 Å². The number of hydrogen-bond acceptors (Lipinski definition) is 5. The Morgan fingerprint density at radius 1 is 1.20 bits per heavy atom. The molecule has 1 spiro atoms. The Hall–Kier alpha value is -1.30. The van der Waals surface area contributed by atoms with Crippen LogP contribution >= 0.6 is 0 Å². The molecule has 114 valence electrons. The highest BCUT2D eigenvalue weighted by molar-refractivity contribution is 5.71. The molecule has 0 saturated carbocycles. The van der Waals surface area contributed by atoms with Crippen molar-refractivity contribution in [2.45, 2.75) is 32.8 Å². The first-order chi connectivity index (χ1) is 9.23. The standard InChI is InChI=1S/C14H24N2O4/c1-13(2,3)20-12(18)16-9-14(10-16)5-6-15(8-14)7-11(17)19-4/h5-10H2,1-4H3. The van der Waals surface area contributed by atoms with Gasteiger partial charge in [-0.3, -0.25) is 9.69 Å². The SMILES string of the molecule is COC(=O)CN1CCC2(C1)CN(C(=O)OC(C)(C)C)C2. The molecule has 2 aliphatic rings. The van der Waals surface area contributed by atoms with Gasteiger partial charge in [-0.2, -0.15) is 0 Å². The van der Waals surface area contributed by atoms with E-state index in [1.807, 2.05) is 20.8 Å². The molecule has 2 fully saturated rings. The zero-order chi connectivity index (χ0) is 15.0. The van der Waals surface area contributed by atoms with Gasteiger partial charge < -0.3 is 14.4 Å². The molecule has 20 heavy (non-hydrogen) atoms. The van der Waals surface area contributed by atoms with Crippen LogP contribution in [0.15, 0.2) is 0 Å². The van der Waals surface area contributed by atoms with Crippen molar-refractivity contribution in [3.63, 3.8) is 0 Å². The molecule has 0 aliphatic carbocycles. The number of likely N-dealkylation sites (tertiary alicyclic amines) is 2. The van der Waals surface area contributed by atoms with Crippen molar-refractivity contribution in [1.82, 2.24) is 9.80 Å². The fourth-order valence-corrected chi connectivity index (χ4v) is 2.89. The van der Waals surface area contributed by atoms with Crippen molar-refractivity contribution in [1.29, 1.82) is 0 Å². The number of amides is 1. The van der Waals surface area contributed by atoms with E-state index in [1.54, 1.807) is 4.90 Å². The largest absolute Gasteiger partial charge is 0.468 e. The zero-order valence-electron chi connectivity index (χ0n) is 12.8. The summed E-state index contributed by atoms with van der Waals surface area (Å²) >= 11 is 0. The van der Waals surface area contributed by atoms with Gasteiger partial charge in [0, 0.05) is 25.0 Å². The Bertz CT molecular complexity index is 396. The number of nitrogens with zero attached hydrogens (tertiary/aromatic N) is 2. The topological polar surface area (TPSA) is 59.1 Å². The maximum atomic E-state index is 11.9. The summed E-state index contributed by atoms with van der Waals surface area (Å²) in [5.41, 5.74) is -0.308. The highest BCUT2D eigenvalue weighted by Gasteiger charge is 2.50. The molecule has 0 atom stereocenters. The molecule has 0 N–H and O–H groups in total. The summed E-state index contributed by atoms with van der Waals surface area (Å²) in [4.78, 5) is 27.0. The van der Waals surface area contributed by atoms with E-state index < -0.39 is 5.60 Å².